The molecule has 0 spiro atoms. The summed E-state index contributed by atoms with van der Waals surface area (Å²) in [6, 6.07) is 14.0. The van der Waals surface area contributed by atoms with Crippen molar-refractivity contribution in [3.8, 4) is 11.4 Å². The maximum Gasteiger partial charge on any atom is 0.225 e. The van der Waals surface area contributed by atoms with E-state index in [9.17, 15) is 0 Å². The quantitative estimate of drug-likeness (QED) is 0.604. The summed E-state index contributed by atoms with van der Waals surface area (Å²) >= 11 is 6.38. The van der Waals surface area contributed by atoms with Gasteiger partial charge in [0.1, 0.15) is 5.82 Å². The van der Waals surface area contributed by atoms with Crippen LogP contribution in [0.2, 0.25) is 5.02 Å². The number of pyridine rings is 1. The van der Waals surface area contributed by atoms with Gasteiger partial charge < -0.3 is 10.6 Å². The Kier molecular flexibility index (Phi) is 5.21. The van der Waals surface area contributed by atoms with Gasteiger partial charge in [0.2, 0.25) is 5.95 Å². The average molecular weight is 380 g/mol. The molecule has 3 aromatic rings. The number of nitrogens with one attached hydrogen (secondary N) is 2. The minimum atomic E-state index is 0.430. The molecule has 0 aliphatic heterocycles. The second-order valence-electron chi connectivity index (χ2n) is 6.91. The van der Waals surface area contributed by atoms with Crippen LogP contribution in [-0.4, -0.2) is 21.0 Å². The van der Waals surface area contributed by atoms with Crippen LogP contribution in [0.4, 0.5) is 17.5 Å². The van der Waals surface area contributed by atoms with Crippen LogP contribution in [-0.2, 0) is 0 Å². The molecule has 6 heteroatoms. The van der Waals surface area contributed by atoms with Crippen LogP contribution >= 0.6 is 11.6 Å². The van der Waals surface area contributed by atoms with Crippen LogP contribution in [0.5, 0.6) is 0 Å². The van der Waals surface area contributed by atoms with Gasteiger partial charge in [-0.1, -0.05) is 36.6 Å². The third kappa shape index (κ3) is 4.37. The number of anilines is 3. The van der Waals surface area contributed by atoms with Gasteiger partial charge in [0, 0.05) is 18.3 Å². The number of hydrogen-bond donors (Lipinski definition) is 2. The Bertz CT molecular complexity index is 923. The van der Waals surface area contributed by atoms with Gasteiger partial charge in [0.05, 0.1) is 22.1 Å². The molecular weight excluding hydrogens is 358 g/mol. The second-order valence-corrected chi connectivity index (χ2v) is 7.32. The molecule has 2 aromatic heterocycles. The van der Waals surface area contributed by atoms with Gasteiger partial charge in [-0.2, -0.15) is 4.98 Å². The van der Waals surface area contributed by atoms with E-state index >= 15 is 0 Å². The van der Waals surface area contributed by atoms with Crippen LogP contribution in [0.3, 0.4) is 0 Å². The van der Waals surface area contributed by atoms with E-state index in [0.717, 1.165) is 35.5 Å². The molecule has 1 aromatic carbocycles. The number of aryl methyl sites for hydroxylation is 1. The summed E-state index contributed by atoms with van der Waals surface area (Å²) in [5.41, 5.74) is 3.52. The SMILES string of the molecule is Cc1ccc(Nc2cc(-c3ccccn3)nc(NC3CCCC3)n2)c(Cl)c1. The molecule has 2 N–H and O–H groups in total. The zero-order chi connectivity index (χ0) is 18.6. The van der Waals surface area contributed by atoms with Crippen molar-refractivity contribution in [2.24, 2.45) is 0 Å². The van der Waals surface area contributed by atoms with Crippen LogP contribution in [0, 0.1) is 6.92 Å². The van der Waals surface area contributed by atoms with E-state index < -0.39 is 0 Å². The molecule has 138 valence electrons. The van der Waals surface area contributed by atoms with Gasteiger partial charge in [0.25, 0.3) is 0 Å². The van der Waals surface area contributed by atoms with E-state index in [-0.39, 0.29) is 0 Å². The normalized spacial score (nSPS) is 14.3. The highest BCUT2D eigenvalue weighted by Gasteiger charge is 2.17. The number of halogens is 1. The topological polar surface area (TPSA) is 62.7 Å². The number of rotatable bonds is 5. The first kappa shape index (κ1) is 17.7. The highest BCUT2D eigenvalue weighted by Crippen LogP contribution is 2.28. The summed E-state index contributed by atoms with van der Waals surface area (Å²) in [5.74, 6) is 1.31. The Morgan fingerprint density at radius 1 is 1.00 bits per heavy atom. The Labute approximate surface area is 164 Å². The summed E-state index contributed by atoms with van der Waals surface area (Å²) in [6.45, 7) is 2.02. The first-order chi connectivity index (χ1) is 13.2. The third-order valence-electron chi connectivity index (χ3n) is 4.73. The van der Waals surface area contributed by atoms with Gasteiger partial charge in [-0.3, -0.25) is 4.98 Å². The molecule has 5 nitrogen and oxygen atoms in total. The van der Waals surface area contributed by atoms with Crippen molar-refractivity contribution >= 4 is 29.1 Å². The summed E-state index contributed by atoms with van der Waals surface area (Å²) in [7, 11) is 0. The fourth-order valence-corrected chi connectivity index (χ4v) is 3.62. The lowest BCUT2D eigenvalue weighted by atomic mass is 10.2. The van der Waals surface area contributed by atoms with Crippen molar-refractivity contribution in [3.05, 3.63) is 59.2 Å². The Hall–Kier alpha value is -2.66. The molecule has 0 bridgehead atoms. The van der Waals surface area contributed by atoms with Gasteiger partial charge in [-0.25, -0.2) is 4.98 Å². The molecule has 0 atom stereocenters. The molecule has 0 unspecified atom stereocenters. The zero-order valence-corrected chi connectivity index (χ0v) is 16.0. The van der Waals surface area contributed by atoms with Crippen molar-refractivity contribution in [1.82, 2.24) is 15.0 Å². The number of hydrogen-bond acceptors (Lipinski definition) is 5. The van der Waals surface area contributed by atoms with Crippen molar-refractivity contribution in [2.75, 3.05) is 10.6 Å². The average Bonchev–Trinajstić information content (AvgIpc) is 3.18. The lowest BCUT2D eigenvalue weighted by molar-refractivity contribution is 0.744. The van der Waals surface area contributed by atoms with Crippen LogP contribution < -0.4 is 10.6 Å². The fraction of sp³-hybridized carbons (Fsp3) is 0.286. The Morgan fingerprint density at radius 3 is 2.59 bits per heavy atom. The van der Waals surface area contributed by atoms with Gasteiger partial charge in [-0.15, -0.1) is 0 Å². The third-order valence-corrected chi connectivity index (χ3v) is 5.04. The molecule has 4 rings (SSSR count). The molecule has 1 aliphatic carbocycles. The van der Waals surface area contributed by atoms with Gasteiger partial charge in [-0.05, 0) is 49.6 Å². The van der Waals surface area contributed by atoms with Crippen LogP contribution in [0.15, 0.2) is 48.7 Å². The molecule has 2 heterocycles. The molecule has 0 amide bonds. The van der Waals surface area contributed by atoms with Crippen LogP contribution in [0.1, 0.15) is 31.2 Å². The summed E-state index contributed by atoms with van der Waals surface area (Å²) in [4.78, 5) is 13.8. The lowest BCUT2D eigenvalue weighted by Gasteiger charge is -2.15. The van der Waals surface area contributed by atoms with Gasteiger partial charge in [0.15, 0.2) is 0 Å². The smallest absolute Gasteiger partial charge is 0.225 e. The second kappa shape index (κ2) is 7.92. The molecule has 27 heavy (non-hydrogen) atoms. The number of aromatic nitrogens is 3. The van der Waals surface area contributed by atoms with Gasteiger partial charge >= 0.3 is 0 Å². The predicted molar refractivity (Wildman–Crippen MR) is 111 cm³/mol. The van der Waals surface area contributed by atoms with E-state index in [1.54, 1.807) is 6.20 Å². The first-order valence-corrected chi connectivity index (χ1v) is 9.65. The highest BCUT2D eigenvalue weighted by molar-refractivity contribution is 6.33. The van der Waals surface area contributed by atoms with Crippen LogP contribution in [0.25, 0.3) is 11.4 Å². The predicted octanol–water partition coefficient (Wildman–Crippen LogP) is 5.60. The molecule has 0 radical (unpaired) electrons. The van der Waals surface area contributed by atoms with Crippen molar-refractivity contribution in [1.29, 1.82) is 0 Å². The molecular formula is C21H22ClN5. The fourth-order valence-electron chi connectivity index (χ4n) is 3.33. The van der Waals surface area contributed by atoms with Crippen molar-refractivity contribution < 1.29 is 0 Å². The minimum Gasteiger partial charge on any atom is -0.351 e. The van der Waals surface area contributed by atoms with E-state index in [1.807, 2.05) is 49.4 Å². The van der Waals surface area contributed by atoms with E-state index in [1.165, 1.54) is 12.8 Å². The van der Waals surface area contributed by atoms with Crippen molar-refractivity contribution in [3.63, 3.8) is 0 Å². The number of benzene rings is 1. The van der Waals surface area contributed by atoms with E-state index in [4.69, 9.17) is 11.6 Å². The summed E-state index contributed by atoms with van der Waals surface area (Å²) < 4.78 is 0. The Morgan fingerprint density at radius 2 is 1.85 bits per heavy atom. The molecule has 1 aliphatic rings. The van der Waals surface area contributed by atoms with E-state index in [0.29, 0.717) is 22.8 Å². The van der Waals surface area contributed by atoms with E-state index in [2.05, 4.69) is 25.6 Å². The molecule has 1 fully saturated rings. The first-order valence-electron chi connectivity index (χ1n) is 9.27. The maximum absolute atomic E-state index is 6.38. The number of nitrogens with zero attached hydrogens (tertiary/aromatic N) is 3. The highest BCUT2D eigenvalue weighted by atomic mass is 35.5. The largest absolute Gasteiger partial charge is 0.351 e. The Balaban J connectivity index is 1.68. The zero-order valence-electron chi connectivity index (χ0n) is 15.2. The van der Waals surface area contributed by atoms with Crippen molar-refractivity contribution in [2.45, 2.75) is 38.6 Å². The monoisotopic (exact) mass is 379 g/mol. The summed E-state index contributed by atoms with van der Waals surface area (Å²) in [6.07, 6.45) is 6.59. The molecule has 0 saturated heterocycles. The standard InChI is InChI=1S/C21H22ClN5/c1-14-9-10-17(16(22)12-14)25-20-13-19(18-8-4-5-11-23-18)26-21(27-20)24-15-6-2-3-7-15/h4-5,8-13,15H,2-3,6-7H2,1H3,(H2,24,25,26,27). The lowest BCUT2D eigenvalue weighted by Crippen LogP contribution is -2.17. The summed E-state index contributed by atoms with van der Waals surface area (Å²) in [5, 5.41) is 7.47. The maximum atomic E-state index is 6.38. The molecule has 1 saturated carbocycles. The minimum absolute atomic E-state index is 0.430.